The van der Waals surface area contributed by atoms with E-state index in [1.807, 2.05) is 6.07 Å². The molecule has 0 aliphatic carbocycles. The average molecular weight is 317 g/mol. The Balaban J connectivity index is 2.54. The zero-order valence-electron chi connectivity index (χ0n) is 11.4. The molecule has 102 valence electrons. The van der Waals surface area contributed by atoms with Gasteiger partial charge in [0.25, 0.3) is 0 Å². The number of halogens is 2. The summed E-state index contributed by atoms with van der Waals surface area (Å²) in [6.45, 7) is 6.04. The maximum absolute atomic E-state index is 13.4. The standard InChI is InChI=1S/C14H22BrFN2/c1-4-18(10-6-9-17(2)3)11-12-7-5-8-13(16)14(12)15/h5,7-8H,4,6,9-11H2,1-3H3. The van der Waals surface area contributed by atoms with E-state index in [1.165, 1.54) is 6.07 Å². The van der Waals surface area contributed by atoms with E-state index in [4.69, 9.17) is 0 Å². The molecule has 2 nitrogen and oxygen atoms in total. The first kappa shape index (κ1) is 15.6. The first-order valence-electron chi connectivity index (χ1n) is 6.34. The highest BCUT2D eigenvalue weighted by atomic mass is 79.9. The minimum Gasteiger partial charge on any atom is -0.309 e. The molecule has 0 amide bonds. The molecule has 18 heavy (non-hydrogen) atoms. The lowest BCUT2D eigenvalue weighted by Crippen LogP contribution is -2.27. The van der Waals surface area contributed by atoms with Gasteiger partial charge in [0.1, 0.15) is 5.82 Å². The molecule has 1 rings (SSSR count). The van der Waals surface area contributed by atoms with Crippen molar-refractivity contribution in [1.82, 2.24) is 9.80 Å². The van der Waals surface area contributed by atoms with Gasteiger partial charge in [0.05, 0.1) is 4.47 Å². The molecule has 0 N–H and O–H groups in total. The van der Waals surface area contributed by atoms with E-state index < -0.39 is 0 Å². The third kappa shape index (κ3) is 5.04. The Hall–Kier alpha value is -0.450. The van der Waals surface area contributed by atoms with Crippen LogP contribution in [0.1, 0.15) is 18.9 Å². The van der Waals surface area contributed by atoms with E-state index >= 15 is 0 Å². The molecule has 0 aromatic heterocycles. The number of rotatable bonds is 7. The van der Waals surface area contributed by atoms with Crippen molar-refractivity contribution in [2.45, 2.75) is 19.9 Å². The summed E-state index contributed by atoms with van der Waals surface area (Å²) in [5.74, 6) is -0.183. The fourth-order valence-corrected chi connectivity index (χ4v) is 2.26. The van der Waals surface area contributed by atoms with Gasteiger partial charge in [0, 0.05) is 6.54 Å². The van der Waals surface area contributed by atoms with Crippen molar-refractivity contribution in [1.29, 1.82) is 0 Å². The third-order valence-corrected chi connectivity index (χ3v) is 3.84. The molecule has 0 heterocycles. The van der Waals surface area contributed by atoms with E-state index in [0.717, 1.165) is 38.2 Å². The van der Waals surface area contributed by atoms with Crippen molar-refractivity contribution in [2.75, 3.05) is 33.7 Å². The van der Waals surface area contributed by atoms with E-state index in [-0.39, 0.29) is 5.82 Å². The molecule has 0 aliphatic heterocycles. The van der Waals surface area contributed by atoms with E-state index in [0.29, 0.717) is 4.47 Å². The first-order valence-corrected chi connectivity index (χ1v) is 7.13. The van der Waals surface area contributed by atoms with E-state index in [9.17, 15) is 4.39 Å². The zero-order valence-corrected chi connectivity index (χ0v) is 13.0. The second-order valence-corrected chi connectivity index (χ2v) is 5.53. The molecular weight excluding hydrogens is 295 g/mol. The van der Waals surface area contributed by atoms with Crippen LogP contribution in [0.4, 0.5) is 4.39 Å². The summed E-state index contributed by atoms with van der Waals surface area (Å²) in [6.07, 6.45) is 1.13. The largest absolute Gasteiger partial charge is 0.309 e. The Kier molecular flexibility index (Phi) is 6.82. The molecule has 0 saturated carbocycles. The van der Waals surface area contributed by atoms with Gasteiger partial charge in [0.15, 0.2) is 0 Å². The molecule has 1 aromatic carbocycles. The molecule has 0 radical (unpaired) electrons. The normalized spacial score (nSPS) is 11.5. The van der Waals surface area contributed by atoms with Crippen LogP contribution in [0.15, 0.2) is 22.7 Å². The molecule has 0 saturated heterocycles. The Morgan fingerprint density at radius 1 is 1.22 bits per heavy atom. The summed E-state index contributed by atoms with van der Waals surface area (Å²) in [6, 6.07) is 5.22. The van der Waals surface area contributed by atoms with Crippen LogP contribution in [0.2, 0.25) is 0 Å². The molecular formula is C14H22BrFN2. The summed E-state index contributed by atoms with van der Waals surface area (Å²) < 4.78 is 14.0. The third-order valence-electron chi connectivity index (χ3n) is 2.95. The fourth-order valence-electron chi connectivity index (χ4n) is 1.87. The summed E-state index contributed by atoms with van der Waals surface area (Å²) in [7, 11) is 4.17. The van der Waals surface area contributed by atoms with Crippen LogP contribution in [0, 0.1) is 5.82 Å². The van der Waals surface area contributed by atoms with Crippen molar-refractivity contribution >= 4 is 15.9 Å². The number of hydrogen-bond donors (Lipinski definition) is 0. The number of benzene rings is 1. The predicted molar refractivity (Wildman–Crippen MR) is 78.2 cm³/mol. The molecule has 0 spiro atoms. The van der Waals surface area contributed by atoms with Crippen molar-refractivity contribution in [2.24, 2.45) is 0 Å². The van der Waals surface area contributed by atoms with Crippen LogP contribution >= 0.6 is 15.9 Å². The van der Waals surface area contributed by atoms with Gasteiger partial charge < -0.3 is 4.90 Å². The highest BCUT2D eigenvalue weighted by Gasteiger charge is 2.09. The lowest BCUT2D eigenvalue weighted by atomic mass is 10.2. The minimum atomic E-state index is -0.183. The predicted octanol–water partition coefficient (Wildman–Crippen LogP) is 3.36. The van der Waals surface area contributed by atoms with Gasteiger partial charge >= 0.3 is 0 Å². The number of hydrogen-bond acceptors (Lipinski definition) is 2. The maximum Gasteiger partial charge on any atom is 0.137 e. The van der Waals surface area contributed by atoms with E-state index in [1.54, 1.807) is 6.07 Å². The lowest BCUT2D eigenvalue weighted by molar-refractivity contribution is 0.258. The summed E-state index contributed by atoms with van der Waals surface area (Å²) in [5, 5.41) is 0. The van der Waals surface area contributed by atoms with Crippen LogP contribution in [-0.2, 0) is 6.54 Å². The Morgan fingerprint density at radius 3 is 2.56 bits per heavy atom. The van der Waals surface area contributed by atoms with Crippen molar-refractivity contribution < 1.29 is 4.39 Å². The van der Waals surface area contributed by atoms with Gasteiger partial charge in [-0.1, -0.05) is 19.1 Å². The Morgan fingerprint density at radius 2 is 1.94 bits per heavy atom. The van der Waals surface area contributed by atoms with Gasteiger partial charge in [-0.25, -0.2) is 4.39 Å². The van der Waals surface area contributed by atoms with Crippen molar-refractivity contribution in [3.63, 3.8) is 0 Å². The second kappa shape index (κ2) is 7.87. The van der Waals surface area contributed by atoms with Gasteiger partial charge in [-0.2, -0.15) is 0 Å². The fraction of sp³-hybridized carbons (Fsp3) is 0.571. The molecule has 0 fully saturated rings. The Labute approximate surface area is 118 Å². The van der Waals surface area contributed by atoms with Crippen LogP contribution in [0.5, 0.6) is 0 Å². The SMILES string of the molecule is CCN(CCCN(C)C)Cc1cccc(F)c1Br. The summed E-state index contributed by atoms with van der Waals surface area (Å²) >= 11 is 3.32. The van der Waals surface area contributed by atoms with Crippen LogP contribution in [0.3, 0.4) is 0 Å². The summed E-state index contributed by atoms with van der Waals surface area (Å²) in [4.78, 5) is 4.52. The van der Waals surface area contributed by atoms with Crippen molar-refractivity contribution in [3.05, 3.63) is 34.1 Å². The maximum atomic E-state index is 13.4. The van der Waals surface area contributed by atoms with Gasteiger partial charge in [-0.3, -0.25) is 4.90 Å². The highest BCUT2D eigenvalue weighted by molar-refractivity contribution is 9.10. The lowest BCUT2D eigenvalue weighted by Gasteiger charge is -2.22. The van der Waals surface area contributed by atoms with Crippen LogP contribution in [0.25, 0.3) is 0 Å². The molecule has 0 aliphatic rings. The Bertz CT molecular complexity index is 369. The monoisotopic (exact) mass is 316 g/mol. The minimum absolute atomic E-state index is 0.183. The zero-order chi connectivity index (χ0) is 13.5. The van der Waals surface area contributed by atoms with Gasteiger partial charge in [-0.05, 0) is 67.7 Å². The quantitative estimate of drug-likeness (QED) is 0.761. The van der Waals surface area contributed by atoms with Gasteiger partial charge in [0.2, 0.25) is 0 Å². The van der Waals surface area contributed by atoms with Crippen molar-refractivity contribution in [3.8, 4) is 0 Å². The van der Waals surface area contributed by atoms with Gasteiger partial charge in [-0.15, -0.1) is 0 Å². The molecule has 0 atom stereocenters. The summed E-state index contributed by atoms with van der Waals surface area (Å²) in [5.41, 5.74) is 1.02. The molecule has 1 aromatic rings. The average Bonchev–Trinajstić information content (AvgIpc) is 2.33. The topological polar surface area (TPSA) is 6.48 Å². The second-order valence-electron chi connectivity index (χ2n) is 4.74. The smallest absolute Gasteiger partial charge is 0.137 e. The number of nitrogens with zero attached hydrogens (tertiary/aromatic N) is 2. The van der Waals surface area contributed by atoms with Crippen LogP contribution in [-0.4, -0.2) is 43.5 Å². The van der Waals surface area contributed by atoms with E-state index in [2.05, 4.69) is 46.7 Å². The first-order chi connectivity index (χ1) is 8.54. The molecule has 0 bridgehead atoms. The highest BCUT2D eigenvalue weighted by Crippen LogP contribution is 2.21. The molecule has 4 heteroatoms. The van der Waals surface area contributed by atoms with Crippen LogP contribution < -0.4 is 0 Å². The molecule has 0 unspecified atom stereocenters.